The van der Waals surface area contributed by atoms with E-state index in [9.17, 15) is 9.59 Å². The topological polar surface area (TPSA) is 108 Å². The van der Waals surface area contributed by atoms with Gasteiger partial charge in [-0.2, -0.15) is 0 Å². The number of fused-ring (bicyclic) bond motifs is 1. The average molecular weight is 385 g/mol. The van der Waals surface area contributed by atoms with Crippen molar-refractivity contribution in [2.24, 2.45) is 5.92 Å². The van der Waals surface area contributed by atoms with E-state index in [1.54, 1.807) is 13.1 Å². The molecule has 2 atom stereocenters. The molecule has 0 aromatic carbocycles. The Morgan fingerprint density at radius 3 is 2.93 bits per heavy atom. The number of amides is 1. The number of ether oxygens (including phenoxy) is 1. The molecule has 4 rings (SSSR count). The predicted molar refractivity (Wildman–Crippen MR) is 107 cm³/mol. The molecule has 0 saturated carbocycles. The largest absolute Gasteiger partial charge is 0.381 e. The number of rotatable bonds is 4. The Morgan fingerprint density at radius 2 is 2.11 bits per heavy atom. The van der Waals surface area contributed by atoms with Crippen molar-refractivity contribution >= 4 is 22.6 Å². The molecule has 150 valence electrons. The van der Waals surface area contributed by atoms with Crippen LogP contribution in [0.1, 0.15) is 24.8 Å². The minimum Gasteiger partial charge on any atom is -0.381 e. The third-order valence-electron chi connectivity index (χ3n) is 5.66. The molecular formula is C20H27N5O3. The zero-order valence-corrected chi connectivity index (χ0v) is 16.1. The molecule has 4 heterocycles. The number of aromatic amines is 1. The molecule has 2 aromatic heterocycles. The van der Waals surface area contributed by atoms with Crippen molar-refractivity contribution in [1.82, 2.24) is 20.6 Å². The molecule has 2 fully saturated rings. The lowest BCUT2D eigenvalue weighted by Gasteiger charge is -2.34. The molecule has 0 spiro atoms. The van der Waals surface area contributed by atoms with Gasteiger partial charge in [-0.05, 0) is 44.9 Å². The maximum absolute atomic E-state index is 12.9. The Hall–Kier alpha value is -2.45. The normalized spacial score (nSPS) is 23.5. The minimum atomic E-state index is -0.203. The van der Waals surface area contributed by atoms with Gasteiger partial charge in [0.25, 0.3) is 5.56 Å². The van der Waals surface area contributed by atoms with E-state index < -0.39 is 0 Å². The van der Waals surface area contributed by atoms with Crippen molar-refractivity contribution in [3.63, 3.8) is 0 Å². The second-order valence-corrected chi connectivity index (χ2v) is 7.65. The van der Waals surface area contributed by atoms with E-state index in [0.717, 1.165) is 31.2 Å². The number of aromatic nitrogens is 2. The summed E-state index contributed by atoms with van der Waals surface area (Å²) in [4.78, 5) is 32.3. The van der Waals surface area contributed by atoms with Gasteiger partial charge >= 0.3 is 0 Å². The van der Waals surface area contributed by atoms with E-state index in [1.165, 1.54) is 0 Å². The minimum absolute atomic E-state index is 0.0519. The smallest absolute Gasteiger partial charge is 0.251 e. The van der Waals surface area contributed by atoms with E-state index in [-0.39, 0.29) is 29.5 Å². The van der Waals surface area contributed by atoms with Gasteiger partial charge in [-0.1, -0.05) is 0 Å². The van der Waals surface area contributed by atoms with Crippen molar-refractivity contribution in [2.45, 2.75) is 38.3 Å². The number of aryl methyl sites for hydroxylation is 1. The highest BCUT2D eigenvalue weighted by molar-refractivity contribution is 5.89. The Labute approximate surface area is 163 Å². The van der Waals surface area contributed by atoms with Crippen LogP contribution < -0.4 is 21.5 Å². The number of carbonyl (C=O) groups excluding carboxylic acids is 1. The first-order chi connectivity index (χ1) is 13.6. The van der Waals surface area contributed by atoms with Crippen LogP contribution in [0.4, 0.5) is 5.82 Å². The van der Waals surface area contributed by atoms with Gasteiger partial charge in [-0.25, -0.2) is 4.98 Å². The molecule has 8 nitrogen and oxygen atoms in total. The molecule has 0 aliphatic carbocycles. The molecule has 2 aromatic rings. The van der Waals surface area contributed by atoms with Crippen molar-refractivity contribution < 1.29 is 9.53 Å². The SMILES string of the molecule is Cc1cc2ccnc(N[C@@H]3CCNC[C@H]3C(=O)NC3CCOCC3)c2[nH]c1=O. The van der Waals surface area contributed by atoms with Gasteiger partial charge in [0, 0.05) is 49.0 Å². The van der Waals surface area contributed by atoms with Crippen LogP contribution in [0.25, 0.3) is 10.9 Å². The monoisotopic (exact) mass is 385 g/mol. The highest BCUT2D eigenvalue weighted by Crippen LogP contribution is 2.23. The number of nitrogens with one attached hydrogen (secondary N) is 4. The number of H-pyrrole nitrogens is 1. The summed E-state index contributed by atoms with van der Waals surface area (Å²) in [6.45, 7) is 4.63. The van der Waals surface area contributed by atoms with Gasteiger partial charge in [0.15, 0.2) is 5.82 Å². The molecular weight excluding hydrogens is 358 g/mol. The fourth-order valence-electron chi connectivity index (χ4n) is 3.98. The lowest BCUT2D eigenvalue weighted by Crippen LogP contribution is -2.53. The molecule has 2 saturated heterocycles. The maximum Gasteiger partial charge on any atom is 0.251 e. The Balaban J connectivity index is 1.53. The summed E-state index contributed by atoms with van der Waals surface area (Å²) in [6.07, 6.45) is 4.24. The number of nitrogens with zero attached hydrogens (tertiary/aromatic N) is 1. The summed E-state index contributed by atoms with van der Waals surface area (Å²) in [5.74, 6) is 0.470. The Bertz CT molecular complexity index is 906. The van der Waals surface area contributed by atoms with E-state index in [2.05, 4.69) is 25.9 Å². The first-order valence-electron chi connectivity index (χ1n) is 9.96. The van der Waals surface area contributed by atoms with Gasteiger partial charge in [0.1, 0.15) is 0 Å². The molecule has 2 aliphatic rings. The number of anilines is 1. The Kier molecular flexibility index (Phi) is 5.59. The number of hydrogen-bond donors (Lipinski definition) is 4. The summed E-state index contributed by atoms with van der Waals surface area (Å²) < 4.78 is 5.37. The van der Waals surface area contributed by atoms with Gasteiger partial charge < -0.3 is 25.7 Å². The van der Waals surface area contributed by atoms with E-state index in [0.29, 0.717) is 36.7 Å². The lowest BCUT2D eigenvalue weighted by molar-refractivity contribution is -0.127. The third-order valence-corrected chi connectivity index (χ3v) is 5.66. The van der Waals surface area contributed by atoms with Crippen molar-refractivity contribution in [3.8, 4) is 0 Å². The van der Waals surface area contributed by atoms with Gasteiger partial charge in [0.2, 0.25) is 5.91 Å². The molecule has 0 bridgehead atoms. The molecule has 28 heavy (non-hydrogen) atoms. The second-order valence-electron chi connectivity index (χ2n) is 7.65. The van der Waals surface area contributed by atoms with Crippen LogP contribution in [0.15, 0.2) is 23.1 Å². The maximum atomic E-state index is 12.9. The highest BCUT2D eigenvalue weighted by atomic mass is 16.5. The van der Waals surface area contributed by atoms with Crippen LogP contribution in [0, 0.1) is 12.8 Å². The predicted octanol–water partition coefficient (Wildman–Crippen LogP) is 0.917. The van der Waals surface area contributed by atoms with Crippen LogP contribution in [0.5, 0.6) is 0 Å². The summed E-state index contributed by atoms with van der Waals surface area (Å²) in [5, 5.41) is 10.9. The van der Waals surface area contributed by atoms with Crippen LogP contribution in [0.3, 0.4) is 0 Å². The number of pyridine rings is 2. The van der Waals surface area contributed by atoms with E-state index in [1.807, 2.05) is 12.1 Å². The highest BCUT2D eigenvalue weighted by Gasteiger charge is 2.32. The fraction of sp³-hybridized carbons (Fsp3) is 0.550. The molecule has 1 amide bonds. The van der Waals surface area contributed by atoms with Crippen LogP contribution in [-0.4, -0.2) is 54.3 Å². The van der Waals surface area contributed by atoms with Crippen LogP contribution in [-0.2, 0) is 9.53 Å². The van der Waals surface area contributed by atoms with E-state index >= 15 is 0 Å². The van der Waals surface area contributed by atoms with Gasteiger partial charge in [0.05, 0.1) is 11.4 Å². The van der Waals surface area contributed by atoms with Crippen molar-refractivity contribution in [1.29, 1.82) is 0 Å². The van der Waals surface area contributed by atoms with Gasteiger partial charge in [-0.3, -0.25) is 9.59 Å². The zero-order valence-electron chi connectivity index (χ0n) is 16.1. The third kappa shape index (κ3) is 4.02. The van der Waals surface area contributed by atoms with Crippen molar-refractivity contribution in [2.75, 3.05) is 31.6 Å². The molecule has 8 heteroatoms. The quantitative estimate of drug-likeness (QED) is 0.623. The fourth-order valence-corrected chi connectivity index (χ4v) is 3.98. The van der Waals surface area contributed by atoms with Crippen LogP contribution >= 0.6 is 0 Å². The summed E-state index contributed by atoms with van der Waals surface area (Å²) in [6, 6.07) is 3.86. The Morgan fingerprint density at radius 1 is 1.29 bits per heavy atom. The summed E-state index contributed by atoms with van der Waals surface area (Å²) >= 11 is 0. The number of piperidine rings is 1. The first kappa shape index (κ1) is 18.9. The summed E-state index contributed by atoms with van der Waals surface area (Å²) in [5.41, 5.74) is 1.23. The number of carbonyl (C=O) groups is 1. The summed E-state index contributed by atoms with van der Waals surface area (Å²) in [7, 11) is 0. The molecule has 2 aliphatic heterocycles. The van der Waals surface area contributed by atoms with Crippen LogP contribution in [0.2, 0.25) is 0 Å². The number of hydrogen-bond acceptors (Lipinski definition) is 6. The molecule has 4 N–H and O–H groups in total. The van der Waals surface area contributed by atoms with Gasteiger partial charge in [-0.15, -0.1) is 0 Å². The lowest BCUT2D eigenvalue weighted by atomic mass is 9.91. The molecule has 0 unspecified atom stereocenters. The standard InChI is InChI=1S/C20H27N5O3/c1-12-10-13-2-7-22-18(17(13)25-19(12)26)24-16-3-6-21-11-15(16)20(27)23-14-4-8-28-9-5-14/h2,7,10,14-16,21H,3-6,8-9,11H2,1H3,(H,22,24)(H,23,27)(H,25,26)/t15-,16-/m1/s1. The zero-order chi connectivity index (χ0) is 19.5. The van der Waals surface area contributed by atoms with Crippen molar-refractivity contribution in [3.05, 3.63) is 34.2 Å². The second kappa shape index (κ2) is 8.28. The van der Waals surface area contributed by atoms with E-state index in [4.69, 9.17) is 4.74 Å². The average Bonchev–Trinajstić information content (AvgIpc) is 2.70. The molecule has 0 radical (unpaired) electrons. The first-order valence-corrected chi connectivity index (χ1v) is 9.96.